The fourth-order valence-corrected chi connectivity index (χ4v) is 2.68. The van der Waals surface area contributed by atoms with E-state index in [2.05, 4.69) is 16.6 Å². The van der Waals surface area contributed by atoms with Gasteiger partial charge in [-0.25, -0.2) is 0 Å². The molecule has 4 heteroatoms. The summed E-state index contributed by atoms with van der Waals surface area (Å²) in [6.07, 6.45) is 4.37. The summed E-state index contributed by atoms with van der Waals surface area (Å²) in [4.78, 5) is 2.36. The summed E-state index contributed by atoms with van der Waals surface area (Å²) in [5.74, 6) is 1.33. The molecule has 21 heavy (non-hydrogen) atoms. The average Bonchev–Trinajstić information content (AvgIpc) is 3.19. The first-order chi connectivity index (χ1) is 10.4. The SMILES string of the molecule is C=C[C@@H](c1cc(OCc2ccccc2)no1)N1CCCC1. The van der Waals surface area contributed by atoms with Crippen molar-refractivity contribution < 1.29 is 9.26 Å². The Hall–Kier alpha value is -2.07. The topological polar surface area (TPSA) is 38.5 Å². The van der Waals surface area contributed by atoms with Crippen LogP contribution >= 0.6 is 0 Å². The Kier molecular flexibility index (Phi) is 4.36. The van der Waals surface area contributed by atoms with Crippen molar-refractivity contribution in [2.75, 3.05) is 13.1 Å². The van der Waals surface area contributed by atoms with Gasteiger partial charge < -0.3 is 9.26 Å². The van der Waals surface area contributed by atoms with Gasteiger partial charge in [0, 0.05) is 6.07 Å². The first kappa shape index (κ1) is 13.9. The second-order valence-electron chi connectivity index (χ2n) is 5.27. The molecule has 0 bridgehead atoms. The van der Waals surface area contributed by atoms with Crippen molar-refractivity contribution in [3.8, 4) is 5.88 Å². The highest BCUT2D eigenvalue weighted by Gasteiger charge is 2.24. The van der Waals surface area contributed by atoms with E-state index in [1.807, 2.05) is 42.5 Å². The summed E-state index contributed by atoms with van der Waals surface area (Å²) in [5.41, 5.74) is 1.11. The van der Waals surface area contributed by atoms with Gasteiger partial charge in [-0.1, -0.05) is 36.4 Å². The van der Waals surface area contributed by atoms with Crippen LogP contribution < -0.4 is 4.74 Å². The van der Waals surface area contributed by atoms with Crippen LogP contribution in [-0.2, 0) is 6.61 Å². The van der Waals surface area contributed by atoms with Crippen molar-refractivity contribution in [2.24, 2.45) is 0 Å². The molecule has 1 saturated heterocycles. The van der Waals surface area contributed by atoms with E-state index < -0.39 is 0 Å². The lowest BCUT2D eigenvalue weighted by Gasteiger charge is -2.21. The molecule has 0 saturated carbocycles. The Bertz CT molecular complexity index is 573. The van der Waals surface area contributed by atoms with Crippen molar-refractivity contribution in [3.63, 3.8) is 0 Å². The fraction of sp³-hybridized carbons (Fsp3) is 0.353. The third-order valence-electron chi connectivity index (χ3n) is 3.79. The van der Waals surface area contributed by atoms with Crippen molar-refractivity contribution >= 4 is 0 Å². The number of nitrogens with zero attached hydrogens (tertiary/aromatic N) is 2. The third-order valence-corrected chi connectivity index (χ3v) is 3.79. The average molecular weight is 284 g/mol. The highest BCUT2D eigenvalue weighted by molar-refractivity contribution is 5.19. The van der Waals surface area contributed by atoms with E-state index in [-0.39, 0.29) is 6.04 Å². The monoisotopic (exact) mass is 284 g/mol. The summed E-state index contributed by atoms with van der Waals surface area (Å²) in [7, 11) is 0. The minimum atomic E-state index is 0.0917. The minimum absolute atomic E-state index is 0.0917. The molecule has 0 N–H and O–H groups in total. The number of benzene rings is 1. The molecule has 0 unspecified atom stereocenters. The smallest absolute Gasteiger partial charge is 0.254 e. The molecule has 2 aromatic rings. The van der Waals surface area contributed by atoms with Crippen molar-refractivity contribution in [3.05, 3.63) is 60.4 Å². The van der Waals surface area contributed by atoms with Crippen LogP contribution in [0, 0.1) is 0 Å². The minimum Gasteiger partial charge on any atom is -0.471 e. The zero-order chi connectivity index (χ0) is 14.5. The maximum atomic E-state index is 5.67. The highest BCUT2D eigenvalue weighted by atomic mass is 16.5. The van der Waals surface area contributed by atoms with Crippen LogP contribution in [0.4, 0.5) is 0 Å². The molecule has 4 nitrogen and oxygen atoms in total. The van der Waals surface area contributed by atoms with E-state index in [1.54, 1.807) is 0 Å². The molecule has 110 valence electrons. The first-order valence-corrected chi connectivity index (χ1v) is 7.37. The van der Waals surface area contributed by atoms with E-state index in [9.17, 15) is 0 Å². The van der Waals surface area contributed by atoms with Gasteiger partial charge in [0.05, 0.1) is 6.04 Å². The summed E-state index contributed by atoms with van der Waals surface area (Å²) in [6.45, 7) is 6.57. The van der Waals surface area contributed by atoms with Crippen LogP contribution in [0.5, 0.6) is 5.88 Å². The molecule has 3 rings (SSSR count). The first-order valence-electron chi connectivity index (χ1n) is 7.37. The number of aromatic nitrogens is 1. The number of hydrogen-bond acceptors (Lipinski definition) is 4. The largest absolute Gasteiger partial charge is 0.471 e. The number of hydrogen-bond donors (Lipinski definition) is 0. The Labute approximate surface area is 125 Å². The van der Waals surface area contributed by atoms with Gasteiger partial charge in [-0.15, -0.1) is 6.58 Å². The van der Waals surface area contributed by atoms with Gasteiger partial charge in [-0.3, -0.25) is 4.90 Å². The van der Waals surface area contributed by atoms with Gasteiger partial charge in [0.2, 0.25) is 0 Å². The predicted octanol–water partition coefficient (Wildman–Crippen LogP) is 3.58. The molecular weight excluding hydrogens is 264 g/mol. The Morgan fingerprint density at radius 1 is 1.29 bits per heavy atom. The zero-order valence-corrected chi connectivity index (χ0v) is 12.1. The molecule has 0 radical (unpaired) electrons. The van der Waals surface area contributed by atoms with Crippen LogP contribution in [0.1, 0.15) is 30.2 Å². The van der Waals surface area contributed by atoms with Gasteiger partial charge in [-0.2, -0.15) is 0 Å². The van der Waals surface area contributed by atoms with E-state index >= 15 is 0 Å². The molecule has 2 heterocycles. The van der Waals surface area contributed by atoms with Gasteiger partial charge in [0.15, 0.2) is 5.76 Å². The number of rotatable bonds is 6. The number of likely N-dealkylation sites (tertiary alicyclic amines) is 1. The van der Waals surface area contributed by atoms with E-state index in [1.165, 1.54) is 12.8 Å². The Morgan fingerprint density at radius 2 is 2.05 bits per heavy atom. The normalized spacial score (nSPS) is 16.8. The Balaban J connectivity index is 1.63. The standard InChI is InChI=1S/C17H20N2O2/c1-2-15(19-10-6-7-11-19)16-12-17(18-21-16)20-13-14-8-4-3-5-9-14/h2-5,8-9,12,15H,1,6-7,10-11,13H2/t15-/m0/s1. The molecule has 1 atom stereocenters. The van der Waals surface area contributed by atoms with Gasteiger partial charge >= 0.3 is 0 Å². The Morgan fingerprint density at radius 3 is 2.76 bits per heavy atom. The maximum Gasteiger partial charge on any atom is 0.254 e. The lowest BCUT2D eigenvalue weighted by molar-refractivity contribution is 0.228. The van der Waals surface area contributed by atoms with Gasteiger partial charge in [0.25, 0.3) is 5.88 Å². The van der Waals surface area contributed by atoms with Gasteiger partial charge in [0.1, 0.15) is 6.61 Å². The molecule has 1 aromatic carbocycles. The molecule has 1 aromatic heterocycles. The summed E-state index contributed by atoms with van der Waals surface area (Å²) in [6, 6.07) is 12.0. The van der Waals surface area contributed by atoms with Crippen LogP contribution in [0.25, 0.3) is 0 Å². The molecular formula is C17H20N2O2. The second kappa shape index (κ2) is 6.59. The van der Waals surface area contributed by atoms with E-state index in [4.69, 9.17) is 9.26 Å². The van der Waals surface area contributed by atoms with Crippen LogP contribution in [-0.4, -0.2) is 23.1 Å². The molecule has 1 aliphatic rings. The highest BCUT2D eigenvalue weighted by Crippen LogP contribution is 2.28. The summed E-state index contributed by atoms with van der Waals surface area (Å²) in [5, 5.41) is 4.00. The maximum absolute atomic E-state index is 5.67. The molecule has 0 spiro atoms. The van der Waals surface area contributed by atoms with Crippen LogP contribution in [0.2, 0.25) is 0 Å². The lowest BCUT2D eigenvalue weighted by Crippen LogP contribution is -2.23. The van der Waals surface area contributed by atoms with Crippen LogP contribution in [0.15, 0.2) is 53.6 Å². The fourth-order valence-electron chi connectivity index (χ4n) is 2.68. The molecule has 1 fully saturated rings. The second-order valence-corrected chi connectivity index (χ2v) is 5.27. The van der Waals surface area contributed by atoms with Crippen molar-refractivity contribution in [1.82, 2.24) is 10.1 Å². The molecule has 1 aliphatic heterocycles. The quantitative estimate of drug-likeness (QED) is 0.760. The number of ether oxygens (including phenoxy) is 1. The molecule has 0 aliphatic carbocycles. The van der Waals surface area contributed by atoms with Crippen molar-refractivity contribution in [2.45, 2.75) is 25.5 Å². The van der Waals surface area contributed by atoms with Gasteiger partial charge in [-0.05, 0) is 36.7 Å². The van der Waals surface area contributed by atoms with Crippen molar-refractivity contribution in [1.29, 1.82) is 0 Å². The third kappa shape index (κ3) is 3.34. The summed E-state index contributed by atoms with van der Waals surface area (Å²) < 4.78 is 11.1. The zero-order valence-electron chi connectivity index (χ0n) is 12.1. The van der Waals surface area contributed by atoms with E-state index in [0.717, 1.165) is 24.4 Å². The van der Waals surface area contributed by atoms with E-state index in [0.29, 0.717) is 12.5 Å². The predicted molar refractivity (Wildman–Crippen MR) is 81.0 cm³/mol. The summed E-state index contributed by atoms with van der Waals surface area (Å²) >= 11 is 0. The molecule has 0 amide bonds. The van der Waals surface area contributed by atoms with Crippen LogP contribution in [0.3, 0.4) is 0 Å². The lowest BCUT2D eigenvalue weighted by atomic mass is 10.2.